The maximum absolute atomic E-state index is 14.5. The Kier molecular flexibility index (Phi) is 17.5. The number of primary amides is 1. The molecule has 1 saturated heterocycles. The lowest BCUT2D eigenvalue weighted by atomic mass is 9.81. The van der Waals surface area contributed by atoms with Gasteiger partial charge in [0.2, 0.25) is 29.5 Å². The van der Waals surface area contributed by atoms with Crippen molar-refractivity contribution in [3.8, 4) is 0 Å². The lowest BCUT2D eigenvalue weighted by molar-refractivity contribution is -0.384. The van der Waals surface area contributed by atoms with Crippen LogP contribution in [0.15, 0.2) is 30.4 Å². The van der Waals surface area contributed by atoms with Gasteiger partial charge in [-0.1, -0.05) is 65.4 Å². The molecule has 344 valence electrons. The molecule has 7 N–H and O–H groups in total. The number of nitrogens with two attached hydrogens (primary N) is 1. The van der Waals surface area contributed by atoms with Crippen LogP contribution in [-0.4, -0.2) is 112 Å². The Morgan fingerprint density at radius 2 is 1.49 bits per heavy atom. The van der Waals surface area contributed by atoms with Crippen molar-refractivity contribution in [1.29, 1.82) is 0 Å². The summed E-state index contributed by atoms with van der Waals surface area (Å²) in [5.41, 5.74) is 2.89. The zero-order chi connectivity index (χ0) is 46.6. The number of benzene rings is 1. The second kappa shape index (κ2) is 22.2. The number of likely N-dealkylation sites (tertiary alicyclic amines) is 1. The molecule has 0 aromatic heterocycles. The molecule has 3 aliphatic rings. The Balaban J connectivity index is 1.59. The molecule has 4 rings (SSSR count). The van der Waals surface area contributed by atoms with Crippen LogP contribution in [0.5, 0.6) is 0 Å². The van der Waals surface area contributed by atoms with E-state index in [0.717, 1.165) is 68.7 Å². The number of ketones is 1. The minimum Gasteiger partial charge on any atom is -0.478 e. The number of aromatic carboxylic acids is 1. The highest BCUT2D eigenvalue weighted by molar-refractivity contribution is 6.07. The summed E-state index contributed by atoms with van der Waals surface area (Å²) >= 11 is 0. The highest BCUT2D eigenvalue weighted by atomic mass is 16.6. The van der Waals surface area contributed by atoms with Gasteiger partial charge in [-0.2, -0.15) is 0 Å². The third-order valence-electron chi connectivity index (χ3n) is 11.9. The number of allylic oxidation sites excluding steroid dienone is 1. The van der Waals surface area contributed by atoms with Crippen molar-refractivity contribution in [2.45, 2.75) is 134 Å². The van der Waals surface area contributed by atoms with E-state index in [4.69, 9.17) is 5.73 Å². The Bertz CT molecular complexity index is 1970. The van der Waals surface area contributed by atoms with Gasteiger partial charge in [0.25, 0.3) is 11.6 Å². The summed E-state index contributed by atoms with van der Waals surface area (Å²) < 4.78 is 4.59. The van der Waals surface area contributed by atoms with Crippen LogP contribution in [0, 0.1) is 27.4 Å². The Morgan fingerprint density at radius 1 is 0.889 bits per heavy atom. The molecule has 1 aromatic rings. The number of nitrogens with one attached hydrogen (secondary N) is 4. The van der Waals surface area contributed by atoms with Crippen molar-refractivity contribution in [3.63, 3.8) is 0 Å². The molecule has 1 aromatic carbocycles. The van der Waals surface area contributed by atoms with E-state index in [1.165, 1.54) is 6.08 Å². The van der Waals surface area contributed by atoms with E-state index >= 15 is 0 Å². The number of methoxy groups -OCH3 is 1. The standard InChI is InChI=1S/C43H59N7O13/c1-43(2,3)35(48-38(55)30(17-11-12-18-32(52)63-4)45-37(54)28-20-19-26(50(61)62)21-29(28)42(59)60)41(58)49-23-27(51)22-31(49)39(56)47-34(25-15-9-6-10-16-25)40(57)46-33(36(44)53)24-13-7-5-8-14-24/h12,18-21,24-25,30-31,33-35H,5-11,13-17,22-23H2,1-4H3,(H2,44,53)(H,45,54)(H,46,57)(H,47,56)(H,48,55)(H,59,60)/b18-12+/t30-,31-,33-,34-,35+/m0/s1. The fourth-order valence-electron chi connectivity index (χ4n) is 8.50. The summed E-state index contributed by atoms with van der Waals surface area (Å²) in [5, 5.41) is 31.8. The van der Waals surface area contributed by atoms with Crippen LogP contribution in [-0.2, 0) is 38.3 Å². The second-order valence-electron chi connectivity index (χ2n) is 17.5. The minimum absolute atomic E-state index is 0.00684. The zero-order valence-electron chi connectivity index (χ0n) is 36.1. The van der Waals surface area contributed by atoms with Crippen LogP contribution in [0.3, 0.4) is 0 Å². The number of carbonyl (C=O) groups is 9. The highest BCUT2D eigenvalue weighted by Gasteiger charge is 2.46. The van der Waals surface area contributed by atoms with Gasteiger partial charge in [-0.05, 0) is 61.8 Å². The van der Waals surface area contributed by atoms with Crippen molar-refractivity contribution >= 4 is 58.9 Å². The number of esters is 1. The van der Waals surface area contributed by atoms with Gasteiger partial charge < -0.3 is 41.7 Å². The number of hydrogen-bond acceptors (Lipinski definition) is 12. The number of nitrogens with zero attached hydrogens (tertiary/aromatic N) is 2. The molecule has 0 radical (unpaired) electrons. The monoisotopic (exact) mass is 881 g/mol. The summed E-state index contributed by atoms with van der Waals surface area (Å²) in [6.45, 7) is 4.38. The molecule has 1 aliphatic heterocycles. The molecular weight excluding hydrogens is 823 g/mol. The Hall–Kier alpha value is -6.21. The molecule has 0 bridgehead atoms. The molecule has 3 fully saturated rings. The zero-order valence-corrected chi connectivity index (χ0v) is 36.1. The van der Waals surface area contributed by atoms with Crippen LogP contribution in [0.1, 0.15) is 125 Å². The molecule has 0 spiro atoms. The van der Waals surface area contributed by atoms with Gasteiger partial charge in [-0.15, -0.1) is 0 Å². The number of carboxylic acids is 1. The average molecular weight is 882 g/mol. The Morgan fingerprint density at radius 3 is 2.03 bits per heavy atom. The van der Waals surface area contributed by atoms with Crippen molar-refractivity contribution < 1.29 is 57.9 Å². The van der Waals surface area contributed by atoms with Gasteiger partial charge in [0.05, 0.1) is 29.7 Å². The number of carbonyl (C=O) groups excluding carboxylic acids is 8. The van der Waals surface area contributed by atoms with Crippen molar-refractivity contribution in [2.24, 2.45) is 23.0 Å². The predicted molar refractivity (Wildman–Crippen MR) is 224 cm³/mol. The second-order valence-corrected chi connectivity index (χ2v) is 17.5. The summed E-state index contributed by atoms with van der Waals surface area (Å²) in [7, 11) is 1.16. The van der Waals surface area contributed by atoms with E-state index in [1.54, 1.807) is 20.8 Å². The number of ether oxygens (including phenoxy) is 1. The first-order chi connectivity index (χ1) is 29.7. The van der Waals surface area contributed by atoms with Gasteiger partial charge in [0.15, 0.2) is 5.78 Å². The Labute approximate surface area is 365 Å². The molecule has 63 heavy (non-hydrogen) atoms. The third kappa shape index (κ3) is 13.4. The quantitative estimate of drug-likeness (QED) is 0.0534. The number of hydrogen-bond donors (Lipinski definition) is 6. The lowest BCUT2D eigenvalue weighted by Crippen LogP contribution is -2.62. The SMILES string of the molecule is COC(=O)/C=C/CC[C@H](NC(=O)c1ccc([N+](=O)[O-])cc1C(=O)O)C(=O)N[C@H](C(=O)N1CC(=O)C[C@H]1C(=O)N[C@H](C(=O)N[C@H](C(N)=O)C1CCCCC1)C1CCCCC1)C(C)(C)C. The van der Waals surface area contributed by atoms with Gasteiger partial charge in [-0.3, -0.25) is 43.7 Å². The number of amides is 6. The van der Waals surface area contributed by atoms with Crippen LogP contribution in [0.25, 0.3) is 0 Å². The van der Waals surface area contributed by atoms with E-state index in [9.17, 15) is 58.4 Å². The van der Waals surface area contributed by atoms with Crippen LogP contribution < -0.4 is 27.0 Å². The first-order valence-electron chi connectivity index (χ1n) is 21.3. The summed E-state index contributed by atoms with van der Waals surface area (Å²) in [5.74, 6) is -8.10. The van der Waals surface area contributed by atoms with E-state index < -0.39 is 117 Å². The average Bonchev–Trinajstić information content (AvgIpc) is 3.65. The lowest BCUT2D eigenvalue weighted by Gasteiger charge is -2.37. The van der Waals surface area contributed by atoms with Gasteiger partial charge in [0.1, 0.15) is 30.2 Å². The smallest absolute Gasteiger partial charge is 0.336 e. The maximum atomic E-state index is 14.5. The summed E-state index contributed by atoms with van der Waals surface area (Å²) in [6, 6.07) is -3.76. The number of rotatable bonds is 18. The van der Waals surface area contributed by atoms with Crippen LogP contribution >= 0.6 is 0 Å². The fraction of sp³-hybridized carbons (Fsp3) is 0.605. The van der Waals surface area contributed by atoms with Crippen LogP contribution in [0.2, 0.25) is 0 Å². The first-order valence-corrected chi connectivity index (χ1v) is 21.3. The molecule has 20 heteroatoms. The van der Waals surface area contributed by atoms with Gasteiger partial charge in [0, 0.05) is 24.6 Å². The molecular formula is C43H59N7O13. The predicted octanol–water partition coefficient (Wildman–Crippen LogP) is 2.22. The number of non-ortho nitro benzene ring substituents is 1. The molecule has 2 saturated carbocycles. The highest BCUT2D eigenvalue weighted by Crippen LogP contribution is 2.30. The first kappa shape index (κ1) is 49.4. The van der Waals surface area contributed by atoms with Gasteiger partial charge in [-0.25, -0.2) is 9.59 Å². The van der Waals surface area contributed by atoms with Crippen molar-refractivity contribution in [1.82, 2.24) is 26.2 Å². The molecule has 20 nitrogen and oxygen atoms in total. The van der Waals surface area contributed by atoms with Crippen LogP contribution in [0.4, 0.5) is 5.69 Å². The van der Waals surface area contributed by atoms with Gasteiger partial charge >= 0.3 is 11.9 Å². The third-order valence-corrected chi connectivity index (χ3v) is 11.9. The molecule has 5 atom stereocenters. The summed E-state index contributed by atoms with van der Waals surface area (Å²) in [6.07, 6.45) is 9.89. The minimum atomic E-state index is -1.65. The van der Waals surface area contributed by atoms with Crippen molar-refractivity contribution in [2.75, 3.05) is 13.7 Å². The number of carboxylic acid groups (broad SMARTS) is 1. The number of nitro groups is 1. The number of nitro benzene ring substituents is 1. The number of Topliss-reactive ketones (excluding diaryl/α,β-unsaturated/α-hetero) is 1. The van der Waals surface area contributed by atoms with Crippen molar-refractivity contribution in [3.05, 3.63) is 51.6 Å². The maximum Gasteiger partial charge on any atom is 0.336 e. The van der Waals surface area contributed by atoms with E-state index in [-0.39, 0.29) is 31.1 Å². The van der Waals surface area contributed by atoms with E-state index in [2.05, 4.69) is 26.0 Å². The van der Waals surface area contributed by atoms with E-state index in [0.29, 0.717) is 31.7 Å². The summed E-state index contributed by atoms with van der Waals surface area (Å²) in [4.78, 5) is 131. The topological polar surface area (TPSA) is 304 Å². The molecule has 0 unspecified atom stereocenters. The normalized spacial score (nSPS) is 19.3. The van der Waals surface area contributed by atoms with E-state index in [1.807, 2.05) is 0 Å². The molecule has 2 aliphatic carbocycles. The molecule has 1 heterocycles. The molecule has 6 amide bonds. The largest absolute Gasteiger partial charge is 0.478 e. The fourth-order valence-corrected chi connectivity index (χ4v) is 8.50.